The van der Waals surface area contributed by atoms with E-state index in [-0.39, 0.29) is 10.8 Å². The van der Waals surface area contributed by atoms with Crippen LogP contribution in [0, 0.1) is 0 Å². The molecule has 0 spiro atoms. The third-order valence-corrected chi connectivity index (χ3v) is 13.5. The molecule has 1 nitrogen and oxygen atoms in total. The van der Waals surface area contributed by atoms with Crippen molar-refractivity contribution >= 4 is 59.3 Å². The van der Waals surface area contributed by atoms with E-state index in [1.165, 1.54) is 88.3 Å². The average molecular weight is 740 g/mol. The Labute approximate surface area is 334 Å². The van der Waals surface area contributed by atoms with Crippen molar-refractivity contribution < 1.29 is 0 Å². The molecular weight excluding hydrogens is 695 g/mol. The van der Waals surface area contributed by atoms with E-state index in [1.807, 2.05) is 11.3 Å². The van der Waals surface area contributed by atoms with Gasteiger partial charge in [0.1, 0.15) is 0 Å². The third kappa shape index (κ3) is 5.83. The summed E-state index contributed by atoms with van der Waals surface area (Å²) >= 11 is 1.96. The molecule has 56 heavy (non-hydrogen) atoms. The summed E-state index contributed by atoms with van der Waals surface area (Å²) < 4.78 is 2.74. The second kappa shape index (κ2) is 13.4. The van der Waals surface area contributed by atoms with Crippen LogP contribution in [0.15, 0.2) is 176 Å². The average Bonchev–Trinajstić information content (AvgIpc) is 3.61. The topological polar surface area (TPSA) is 3.24 Å². The maximum Gasteiger partial charge on any atom is 0.0546 e. The molecule has 0 amide bonds. The van der Waals surface area contributed by atoms with Gasteiger partial charge < -0.3 is 4.90 Å². The minimum absolute atomic E-state index is 0.163. The molecule has 2 heteroatoms. The second-order valence-corrected chi connectivity index (χ2v) is 17.8. The van der Waals surface area contributed by atoms with Gasteiger partial charge in [0.05, 0.1) is 5.69 Å². The lowest BCUT2D eigenvalue weighted by molar-refractivity contribution is 0.332. The van der Waals surface area contributed by atoms with Crippen LogP contribution >= 0.6 is 11.3 Å². The van der Waals surface area contributed by atoms with Crippen molar-refractivity contribution in [2.24, 2.45) is 0 Å². The smallest absolute Gasteiger partial charge is 0.0546 e. The number of anilines is 3. The zero-order chi connectivity index (χ0) is 38.0. The Balaban J connectivity index is 1.20. The Kier molecular flexibility index (Phi) is 8.24. The number of hydrogen-bond acceptors (Lipinski definition) is 2. The van der Waals surface area contributed by atoms with Gasteiger partial charge in [0, 0.05) is 42.5 Å². The van der Waals surface area contributed by atoms with E-state index >= 15 is 0 Å². The highest BCUT2D eigenvalue weighted by atomic mass is 32.1. The molecule has 1 aliphatic rings. The van der Waals surface area contributed by atoms with E-state index in [0.717, 1.165) is 17.1 Å². The zero-order valence-corrected chi connectivity index (χ0v) is 33.3. The van der Waals surface area contributed by atoms with Gasteiger partial charge in [-0.25, -0.2) is 0 Å². The summed E-state index contributed by atoms with van der Waals surface area (Å²) in [5.74, 6) is 0. The van der Waals surface area contributed by atoms with E-state index in [1.54, 1.807) is 0 Å². The van der Waals surface area contributed by atoms with Crippen molar-refractivity contribution in [3.05, 3.63) is 187 Å². The summed E-state index contributed by atoms with van der Waals surface area (Å²) in [6.07, 6.45) is 2.43. The van der Waals surface area contributed by atoms with Gasteiger partial charge in [-0.2, -0.15) is 0 Å². The molecule has 0 atom stereocenters. The Bertz CT molecular complexity index is 2890. The summed E-state index contributed by atoms with van der Waals surface area (Å²) in [4.78, 5) is 2.45. The molecule has 0 saturated heterocycles. The van der Waals surface area contributed by atoms with Gasteiger partial charge in [-0.15, -0.1) is 11.3 Å². The van der Waals surface area contributed by atoms with Gasteiger partial charge in [-0.3, -0.25) is 0 Å². The minimum Gasteiger partial charge on any atom is -0.310 e. The van der Waals surface area contributed by atoms with Gasteiger partial charge in [-0.1, -0.05) is 161 Å². The molecule has 1 aromatic heterocycles. The highest BCUT2D eigenvalue weighted by Gasteiger charge is 2.37. The van der Waals surface area contributed by atoms with Crippen molar-refractivity contribution in [1.82, 2.24) is 0 Å². The van der Waals surface area contributed by atoms with E-state index in [4.69, 9.17) is 0 Å². The minimum atomic E-state index is 0.163. The largest absolute Gasteiger partial charge is 0.310 e. The van der Waals surface area contributed by atoms with Crippen LogP contribution in [0.1, 0.15) is 51.7 Å². The van der Waals surface area contributed by atoms with Gasteiger partial charge in [0.25, 0.3) is 0 Å². The van der Waals surface area contributed by atoms with Crippen LogP contribution in [-0.2, 0) is 10.8 Å². The quantitative estimate of drug-likeness (QED) is 0.164. The van der Waals surface area contributed by atoms with Crippen molar-refractivity contribution in [3.63, 3.8) is 0 Å². The standard InChI is InChI=1S/C54H45NS/c1-53(2)31-32-54(3,4)48-35-50-46(34-47(48)53)45-25-14-24-44(52(45)56-50)43-23-12-19-39-20-13-26-49(51(39)43)55(41-29-27-38(28-30-41)36-15-7-5-8-16-36)42-22-11-21-40(33-42)37-17-9-6-10-18-37/h5-30,33-35H,31-32H2,1-4H3. The maximum atomic E-state index is 2.54. The van der Waals surface area contributed by atoms with Crippen LogP contribution in [0.3, 0.4) is 0 Å². The fraction of sp³-hybridized carbons (Fsp3) is 0.148. The molecule has 0 N–H and O–H groups in total. The Morgan fingerprint density at radius 2 is 1.02 bits per heavy atom. The maximum absolute atomic E-state index is 2.54. The van der Waals surface area contributed by atoms with Gasteiger partial charge >= 0.3 is 0 Å². The monoisotopic (exact) mass is 739 g/mol. The zero-order valence-electron chi connectivity index (χ0n) is 32.5. The SMILES string of the molecule is CC1(C)CCC(C)(C)c2cc3c(cc21)sc1c(-c2cccc4cccc(N(c5ccc(-c6ccccc6)cc5)c5cccc(-c6ccccc6)c5)c24)cccc13. The molecule has 0 unspecified atom stereocenters. The number of benzene rings is 8. The van der Waals surface area contributed by atoms with Crippen LogP contribution in [-0.4, -0.2) is 0 Å². The summed E-state index contributed by atoms with van der Waals surface area (Å²) in [7, 11) is 0. The Hall–Kier alpha value is -5.96. The predicted molar refractivity (Wildman–Crippen MR) is 243 cm³/mol. The van der Waals surface area contributed by atoms with Crippen LogP contribution < -0.4 is 4.90 Å². The summed E-state index contributed by atoms with van der Waals surface area (Å²) in [6, 6.07) is 65.0. The summed E-state index contributed by atoms with van der Waals surface area (Å²) in [5.41, 5.74) is 14.1. The van der Waals surface area contributed by atoms with Crippen LogP contribution in [0.4, 0.5) is 17.1 Å². The fourth-order valence-corrected chi connectivity index (χ4v) is 10.4. The number of fused-ring (bicyclic) bond motifs is 5. The predicted octanol–water partition coefficient (Wildman–Crippen LogP) is 16.0. The lowest BCUT2D eigenvalue weighted by Crippen LogP contribution is -2.33. The molecule has 272 valence electrons. The summed E-state index contributed by atoms with van der Waals surface area (Å²) in [5, 5.41) is 5.21. The number of nitrogens with zero attached hydrogens (tertiary/aromatic N) is 1. The molecule has 0 radical (unpaired) electrons. The van der Waals surface area contributed by atoms with Gasteiger partial charge in [0.15, 0.2) is 0 Å². The number of thiophene rings is 1. The fourth-order valence-electron chi connectivity index (χ4n) is 9.12. The lowest BCUT2D eigenvalue weighted by atomic mass is 9.63. The van der Waals surface area contributed by atoms with E-state index in [0.29, 0.717) is 0 Å². The first-order valence-electron chi connectivity index (χ1n) is 19.9. The first-order valence-corrected chi connectivity index (χ1v) is 20.7. The molecule has 9 aromatic rings. The van der Waals surface area contributed by atoms with Crippen molar-refractivity contribution in [1.29, 1.82) is 0 Å². The Morgan fingerprint density at radius 1 is 0.446 bits per heavy atom. The number of hydrogen-bond donors (Lipinski definition) is 0. The van der Waals surface area contributed by atoms with Crippen molar-refractivity contribution in [3.8, 4) is 33.4 Å². The Morgan fingerprint density at radius 3 is 1.73 bits per heavy atom. The molecule has 0 fully saturated rings. The van der Waals surface area contributed by atoms with Crippen LogP contribution in [0.2, 0.25) is 0 Å². The van der Waals surface area contributed by atoms with E-state index < -0.39 is 0 Å². The molecule has 0 bridgehead atoms. The molecule has 8 aromatic carbocycles. The van der Waals surface area contributed by atoms with Crippen LogP contribution in [0.25, 0.3) is 64.3 Å². The van der Waals surface area contributed by atoms with Gasteiger partial charge in [-0.05, 0) is 110 Å². The molecule has 1 aliphatic carbocycles. The third-order valence-electron chi connectivity index (χ3n) is 12.3. The van der Waals surface area contributed by atoms with Gasteiger partial charge in [0.2, 0.25) is 0 Å². The highest BCUT2D eigenvalue weighted by Crippen LogP contribution is 2.51. The van der Waals surface area contributed by atoms with Crippen LogP contribution in [0.5, 0.6) is 0 Å². The second-order valence-electron chi connectivity index (χ2n) is 16.8. The highest BCUT2D eigenvalue weighted by molar-refractivity contribution is 7.26. The first-order chi connectivity index (χ1) is 27.2. The summed E-state index contributed by atoms with van der Waals surface area (Å²) in [6.45, 7) is 9.72. The lowest BCUT2D eigenvalue weighted by Gasteiger charge is -2.41. The molecule has 1 heterocycles. The van der Waals surface area contributed by atoms with E-state index in [2.05, 4.69) is 209 Å². The molecule has 0 aliphatic heterocycles. The first kappa shape index (κ1) is 34.5. The molecule has 0 saturated carbocycles. The molecular formula is C54H45NS. The normalized spacial score (nSPS) is 14.6. The number of rotatable bonds is 6. The molecule has 10 rings (SSSR count). The van der Waals surface area contributed by atoms with E-state index in [9.17, 15) is 0 Å². The van der Waals surface area contributed by atoms with Crippen molar-refractivity contribution in [2.75, 3.05) is 4.90 Å². The van der Waals surface area contributed by atoms with Crippen molar-refractivity contribution in [2.45, 2.75) is 51.4 Å².